The zero-order valence-corrected chi connectivity index (χ0v) is 10.0. The molecule has 0 spiro atoms. The molecule has 0 atom stereocenters. The molecule has 1 aromatic carbocycles. The maximum atomic E-state index is 13.5. The highest BCUT2D eigenvalue weighted by atomic mass is 19.1. The molecule has 1 aromatic heterocycles. The van der Waals surface area contributed by atoms with Gasteiger partial charge in [0, 0.05) is 28.6 Å². The second-order valence-corrected chi connectivity index (χ2v) is 4.06. The van der Waals surface area contributed by atoms with Crippen molar-refractivity contribution in [1.29, 1.82) is 0 Å². The van der Waals surface area contributed by atoms with Crippen LogP contribution in [0.25, 0.3) is 0 Å². The van der Waals surface area contributed by atoms with Crippen molar-refractivity contribution in [2.45, 2.75) is 13.8 Å². The third-order valence-corrected chi connectivity index (χ3v) is 2.59. The van der Waals surface area contributed by atoms with E-state index in [1.54, 1.807) is 13.0 Å². The quantitative estimate of drug-likeness (QED) is 0.711. The fourth-order valence-corrected chi connectivity index (χ4v) is 1.50. The van der Waals surface area contributed by atoms with Crippen LogP contribution < -0.4 is 11.1 Å². The van der Waals surface area contributed by atoms with Crippen molar-refractivity contribution in [2.75, 3.05) is 11.1 Å². The summed E-state index contributed by atoms with van der Waals surface area (Å²) in [7, 11) is 0. The van der Waals surface area contributed by atoms with Gasteiger partial charge in [0.1, 0.15) is 5.82 Å². The van der Waals surface area contributed by atoms with Gasteiger partial charge in [-0.3, -0.25) is 9.89 Å². The SMILES string of the molecule is Cc1cc(NC(=O)c2cc(N)c(C)c(F)c2)n[nH]1. The third kappa shape index (κ3) is 2.32. The number of amides is 1. The number of hydrogen-bond donors (Lipinski definition) is 3. The molecule has 4 N–H and O–H groups in total. The molecular formula is C12H13FN4O. The normalized spacial score (nSPS) is 10.4. The summed E-state index contributed by atoms with van der Waals surface area (Å²) in [4.78, 5) is 11.9. The van der Waals surface area contributed by atoms with E-state index < -0.39 is 11.7 Å². The minimum Gasteiger partial charge on any atom is -0.398 e. The molecule has 0 aliphatic rings. The average Bonchev–Trinajstić information content (AvgIpc) is 2.71. The van der Waals surface area contributed by atoms with Crippen molar-refractivity contribution in [2.24, 2.45) is 0 Å². The number of rotatable bonds is 2. The Labute approximate surface area is 103 Å². The van der Waals surface area contributed by atoms with Crippen LogP contribution in [-0.2, 0) is 0 Å². The van der Waals surface area contributed by atoms with E-state index in [0.29, 0.717) is 11.4 Å². The lowest BCUT2D eigenvalue weighted by atomic mass is 10.1. The molecule has 0 radical (unpaired) electrons. The number of carbonyl (C=O) groups is 1. The van der Waals surface area contributed by atoms with Crippen molar-refractivity contribution >= 4 is 17.4 Å². The molecule has 6 heteroatoms. The van der Waals surface area contributed by atoms with E-state index in [1.165, 1.54) is 6.07 Å². The van der Waals surface area contributed by atoms with Crippen molar-refractivity contribution < 1.29 is 9.18 Å². The number of benzene rings is 1. The molecule has 0 saturated carbocycles. The van der Waals surface area contributed by atoms with E-state index in [2.05, 4.69) is 15.5 Å². The summed E-state index contributed by atoms with van der Waals surface area (Å²) in [6.45, 7) is 3.37. The van der Waals surface area contributed by atoms with Crippen molar-refractivity contribution in [3.8, 4) is 0 Å². The van der Waals surface area contributed by atoms with Gasteiger partial charge in [-0.05, 0) is 26.0 Å². The Kier molecular flexibility index (Phi) is 3.01. The second kappa shape index (κ2) is 4.48. The zero-order valence-electron chi connectivity index (χ0n) is 10.0. The van der Waals surface area contributed by atoms with E-state index in [1.807, 2.05) is 6.92 Å². The fraction of sp³-hybridized carbons (Fsp3) is 0.167. The fourth-order valence-electron chi connectivity index (χ4n) is 1.50. The summed E-state index contributed by atoms with van der Waals surface area (Å²) >= 11 is 0. The first kappa shape index (κ1) is 12.1. The molecule has 2 rings (SSSR count). The Bertz CT molecular complexity index is 583. The number of nitrogens with two attached hydrogens (primary N) is 1. The lowest BCUT2D eigenvalue weighted by Gasteiger charge is -2.06. The second-order valence-electron chi connectivity index (χ2n) is 4.06. The average molecular weight is 248 g/mol. The molecule has 0 fully saturated rings. The number of aryl methyl sites for hydroxylation is 1. The zero-order chi connectivity index (χ0) is 13.3. The van der Waals surface area contributed by atoms with Gasteiger partial charge in [0.2, 0.25) is 0 Å². The van der Waals surface area contributed by atoms with E-state index in [4.69, 9.17) is 5.73 Å². The van der Waals surface area contributed by atoms with Crippen LogP contribution in [-0.4, -0.2) is 16.1 Å². The Hall–Kier alpha value is -2.37. The molecule has 1 amide bonds. The van der Waals surface area contributed by atoms with E-state index in [-0.39, 0.29) is 11.3 Å². The molecule has 0 saturated heterocycles. The minimum atomic E-state index is -0.502. The van der Waals surface area contributed by atoms with Crippen LogP contribution in [0.15, 0.2) is 18.2 Å². The van der Waals surface area contributed by atoms with Crippen LogP contribution in [0.3, 0.4) is 0 Å². The van der Waals surface area contributed by atoms with Crippen LogP contribution in [0, 0.1) is 19.7 Å². The summed E-state index contributed by atoms with van der Waals surface area (Å²) in [5.41, 5.74) is 7.18. The smallest absolute Gasteiger partial charge is 0.257 e. The number of nitrogens with zero attached hydrogens (tertiary/aromatic N) is 1. The molecular weight excluding hydrogens is 235 g/mol. The summed E-state index contributed by atoms with van der Waals surface area (Å²) in [5.74, 6) is -0.567. The van der Waals surface area contributed by atoms with E-state index in [9.17, 15) is 9.18 Å². The molecule has 2 aromatic rings. The maximum absolute atomic E-state index is 13.5. The van der Waals surface area contributed by atoms with Gasteiger partial charge >= 0.3 is 0 Å². The standard InChI is InChI=1S/C12H13FN4O/c1-6-3-11(17-16-6)15-12(18)8-4-9(13)7(2)10(14)5-8/h3-5H,14H2,1-2H3,(H2,15,16,17,18). The molecule has 0 bridgehead atoms. The number of halogens is 1. The van der Waals surface area contributed by atoms with Crippen LogP contribution in [0.1, 0.15) is 21.6 Å². The lowest BCUT2D eigenvalue weighted by Crippen LogP contribution is -2.13. The highest BCUT2D eigenvalue weighted by Gasteiger charge is 2.12. The number of hydrogen-bond acceptors (Lipinski definition) is 3. The number of aromatic nitrogens is 2. The van der Waals surface area contributed by atoms with Gasteiger partial charge in [0.05, 0.1) is 0 Å². The summed E-state index contributed by atoms with van der Waals surface area (Å²) < 4.78 is 13.5. The van der Waals surface area contributed by atoms with Crippen molar-refractivity contribution in [3.63, 3.8) is 0 Å². The maximum Gasteiger partial charge on any atom is 0.257 e. The van der Waals surface area contributed by atoms with Crippen LogP contribution in [0.5, 0.6) is 0 Å². The molecule has 0 aliphatic heterocycles. The van der Waals surface area contributed by atoms with Gasteiger partial charge in [-0.2, -0.15) is 5.10 Å². The Morgan fingerprint density at radius 1 is 1.39 bits per heavy atom. The number of aromatic amines is 1. The van der Waals surface area contributed by atoms with Gasteiger partial charge in [-0.15, -0.1) is 0 Å². The first-order valence-electron chi connectivity index (χ1n) is 5.36. The Morgan fingerprint density at radius 2 is 2.11 bits per heavy atom. The predicted octanol–water partition coefficient (Wildman–Crippen LogP) is 2.00. The number of H-pyrrole nitrogens is 1. The topological polar surface area (TPSA) is 83.8 Å². The van der Waals surface area contributed by atoms with Crippen molar-refractivity contribution in [1.82, 2.24) is 10.2 Å². The number of anilines is 2. The predicted molar refractivity (Wildman–Crippen MR) is 66.8 cm³/mol. The van der Waals surface area contributed by atoms with Gasteiger partial charge in [-0.25, -0.2) is 4.39 Å². The Balaban J connectivity index is 2.24. The van der Waals surface area contributed by atoms with E-state index >= 15 is 0 Å². The summed E-state index contributed by atoms with van der Waals surface area (Å²) in [5, 5.41) is 9.10. The summed E-state index contributed by atoms with van der Waals surface area (Å²) in [6, 6.07) is 4.26. The van der Waals surface area contributed by atoms with Gasteiger partial charge in [0.25, 0.3) is 5.91 Å². The highest BCUT2D eigenvalue weighted by Crippen LogP contribution is 2.18. The molecule has 5 nitrogen and oxygen atoms in total. The highest BCUT2D eigenvalue weighted by molar-refractivity contribution is 6.04. The van der Waals surface area contributed by atoms with Crippen LogP contribution >= 0.6 is 0 Å². The Morgan fingerprint density at radius 3 is 2.67 bits per heavy atom. The van der Waals surface area contributed by atoms with Gasteiger partial charge in [0.15, 0.2) is 5.82 Å². The number of carbonyl (C=O) groups excluding carboxylic acids is 1. The van der Waals surface area contributed by atoms with Gasteiger partial charge in [-0.1, -0.05) is 0 Å². The molecule has 18 heavy (non-hydrogen) atoms. The van der Waals surface area contributed by atoms with E-state index in [0.717, 1.165) is 11.8 Å². The summed E-state index contributed by atoms with van der Waals surface area (Å²) in [6.07, 6.45) is 0. The monoisotopic (exact) mass is 248 g/mol. The molecule has 0 aliphatic carbocycles. The van der Waals surface area contributed by atoms with Gasteiger partial charge < -0.3 is 11.1 Å². The van der Waals surface area contributed by atoms with Crippen LogP contribution in [0.2, 0.25) is 0 Å². The van der Waals surface area contributed by atoms with Crippen molar-refractivity contribution in [3.05, 3.63) is 40.8 Å². The number of nitrogens with one attached hydrogen (secondary N) is 2. The minimum absolute atomic E-state index is 0.163. The van der Waals surface area contributed by atoms with Crippen LogP contribution in [0.4, 0.5) is 15.9 Å². The largest absolute Gasteiger partial charge is 0.398 e. The molecule has 1 heterocycles. The first-order valence-corrected chi connectivity index (χ1v) is 5.36. The molecule has 0 unspecified atom stereocenters. The lowest BCUT2D eigenvalue weighted by molar-refractivity contribution is 0.102. The first-order chi connectivity index (χ1) is 8.47. The molecule has 94 valence electrons. The third-order valence-electron chi connectivity index (χ3n) is 2.59. The number of nitrogen functional groups attached to an aromatic ring is 1.